The van der Waals surface area contributed by atoms with Crippen molar-refractivity contribution < 1.29 is 9.47 Å². The fraction of sp³-hybridized carbons (Fsp3) is 0.200. The summed E-state index contributed by atoms with van der Waals surface area (Å²) in [4.78, 5) is 0. The molecule has 0 aliphatic heterocycles. The van der Waals surface area contributed by atoms with E-state index in [1.54, 1.807) is 26.4 Å². The summed E-state index contributed by atoms with van der Waals surface area (Å²) in [6, 6.07) is 9.26. The first-order valence-electron chi connectivity index (χ1n) is 6.14. The van der Waals surface area contributed by atoms with E-state index in [2.05, 4.69) is 21.2 Å². The Morgan fingerprint density at radius 1 is 0.952 bits per heavy atom. The second-order valence-electron chi connectivity index (χ2n) is 4.32. The van der Waals surface area contributed by atoms with E-state index in [9.17, 15) is 0 Å². The molecule has 3 nitrogen and oxygen atoms in total. The Bertz CT molecular complexity index is 604. The van der Waals surface area contributed by atoms with Gasteiger partial charge in [-0.25, -0.2) is 0 Å². The zero-order chi connectivity index (χ0) is 15.4. The number of rotatable bonds is 5. The third-order valence-electron chi connectivity index (χ3n) is 2.89. The number of benzene rings is 2. The number of anilines is 1. The van der Waals surface area contributed by atoms with Crippen molar-refractivity contribution in [2.45, 2.75) is 6.54 Å². The lowest BCUT2D eigenvalue weighted by atomic mass is 10.2. The predicted molar refractivity (Wildman–Crippen MR) is 91.0 cm³/mol. The summed E-state index contributed by atoms with van der Waals surface area (Å²) in [5, 5.41) is 4.35. The number of nitrogens with one attached hydrogen (secondary N) is 1. The highest BCUT2D eigenvalue weighted by Gasteiger charge is 2.08. The SMILES string of the molecule is COc1cc(CNc2c(Cl)cc(Br)cc2Cl)cc(OC)c1. The van der Waals surface area contributed by atoms with Crippen molar-refractivity contribution in [1.82, 2.24) is 0 Å². The highest BCUT2D eigenvalue weighted by molar-refractivity contribution is 9.10. The minimum Gasteiger partial charge on any atom is -0.497 e. The maximum absolute atomic E-state index is 6.19. The Balaban J connectivity index is 2.20. The van der Waals surface area contributed by atoms with Crippen molar-refractivity contribution in [3.63, 3.8) is 0 Å². The molecule has 0 fully saturated rings. The molecule has 0 amide bonds. The summed E-state index contributed by atoms with van der Waals surface area (Å²) in [6.45, 7) is 0.550. The standard InChI is InChI=1S/C15H14BrCl2NO2/c1-20-11-3-9(4-12(7-11)21-2)8-19-15-13(17)5-10(16)6-14(15)18/h3-7,19H,8H2,1-2H3. The van der Waals surface area contributed by atoms with Crippen LogP contribution in [-0.4, -0.2) is 14.2 Å². The van der Waals surface area contributed by atoms with Crippen molar-refractivity contribution in [1.29, 1.82) is 0 Å². The molecule has 0 saturated heterocycles. The zero-order valence-corrected chi connectivity index (χ0v) is 14.6. The fourth-order valence-electron chi connectivity index (χ4n) is 1.87. The Morgan fingerprint density at radius 2 is 1.48 bits per heavy atom. The molecule has 0 spiro atoms. The van der Waals surface area contributed by atoms with Crippen molar-refractivity contribution in [2.75, 3.05) is 19.5 Å². The molecule has 0 aromatic heterocycles. The van der Waals surface area contributed by atoms with Crippen molar-refractivity contribution in [3.8, 4) is 11.5 Å². The van der Waals surface area contributed by atoms with Gasteiger partial charge >= 0.3 is 0 Å². The van der Waals surface area contributed by atoms with Gasteiger partial charge in [-0.1, -0.05) is 39.1 Å². The van der Waals surface area contributed by atoms with E-state index in [1.165, 1.54) is 0 Å². The lowest BCUT2D eigenvalue weighted by Gasteiger charge is -2.13. The van der Waals surface area contributed by atoms with Gasteiger partial charge in [0.05, 0.1) is 30.0 Å². The first kappa shape index (κ1) is 16.3. The van der Waals surface area contributed by atoms with Gasteiger partial charge in [-0.15, -0.1) is 0 Å². The topological polar surface area (TPSA) is 30.5 Å². The van der Waals surface area contributed by atoms with E-state index in [-0.39, 0.29) is 0 Å². The Labute approximate surface area is 142 Å². The van der Waals surface area contributed by atoms with Gasteiger partial charge in [0.15, 0.2) is 0 Å². The second kappa shape index (κ2) is 7.25. The van der Waals surface area contributed by atoms with Crippen LogP contribution in [0, 0.1) is 0 Å². The highest BCUT2D eigenvalue weighted by Crippen LogP contribution is 2.34. The van der Waals surface area contributed by atoms with Gasteiger partial charge in [0, 0.05) is 17.1 Å². The lowest BCUT2D eigenvalue weighted by molar-refractivity contribution is 0.393. The van der Waals surface area contributed by atoms with E-state index < -0.39 is 0 Å². The van der Waals surface area contributed by atoms with Crippen LogP contribution in [0.2, 0.25) is 10.0 Å². The summed E-state index contributed by atoms with van der Waals surface area (Å²) >= 11 is 15.7. The van der Waals surface area contributed by atoms with Gasteiger partial charge in [-0.3, -0.25) is 0 Å². The molecule has 0 aliphatic rings. The Hall–Kier alpha value is -1.10. The third kappa shape index (κ3) is 4.19. The van der Waals surface area contributed by atoms with Crippen LogP contribution in [0.4, 0.5) is 5.69 Å². The molecule has 2 aromatic carbocycles. The molecule has 0 radical (unpaired) electrons. The van der Waals surface area contributed by atoms with Gasteiger partial charge in [0.2, 0.25) is 0 Å². The summed E-state index contributed by atoms with van der Waals surface area (Å²) in [7, 11) is 3.24. The summed E-state index contributed by atoms with van der Waals surface area (Å²) in [5.41, 5.74) is 1.70. The van der Waals surface area contributed by atoms with E-state index in [4.69, 9.17) is 32.7 Å². The molecule has 2 rings (SSSR count). The summed E-state index contributed by atoms with van der Waals surface area (Å²) in [5.74, 6) is 1.47. The normalized spacial score (nSPS) is 10.3. The third-order valence-corrected chi connectivity index (χ3v) is 3.94. The van der Waals surface area contributed by atoms with Crippen molar-refractivity contribution in [2.24, 2.45) is 0 Å². The predicted octanol–water partition coefficient (Wildman–Crippen LogP) is 5.39. The minimum atomic E-state index is 0.550. The molecular weight excluding hydrogens is 377 g/mol. The second-order valence-corrected chi connectivity index (χ2v) is 6.05. The van der Waals surface area contributed by atoms with Crippen LogP contribution < -0.4 is 14.8 Å². The van der Waals surface area contributed by atoms with Crippen molar-refractivity contribution >= 4 is 44.8 Å². The molecule has 1 N–H and O–H groups in total. The van der Waals surface area contributed by atoms with Crippen LogP contribution in [0.5, 0.6) is 11.5 Å². The number of hydrogen-bond donors (Lipinski definition) is 1. The average Bonchev–Trinajstić information content (AvgIpc) is 2.45. The van der Waals surface area contributed by atoms with E-state index in [1.807, 2.05) is 18.2 Å². The van der Waals surface area contributed by atoms with Crippen LogP contribution in [0.15, 0.2) is 34.8 Å². The molecule has 0 saturated carbocycles. The lowest BCUT2D eigenvalue weighted by Crippen LogP contribution is -2.02. The number of ether oxygens (including phenoxy) is 2. The molecule has 0 unspecified atom stereocenters. The molecule has 0 heterocycles. The molecule has 2 aromatic rings. The smallest absolute Gasteiger partial charge is 0.122 e. The first-order valence-corrected chi connectivity index (χ1v) is 7.68. The van der Waals surface area contributed by atoms with Gasteiger partial charge in [0.25, 0.3) is 0 Å². The zero-order valence-electron chi connectivity index (χ0n) is 11.5. The fourth-order valence-corrected chi connectivity index (χ4v) is 3.21. The molecule has 112 valence electrons. The maximum atomic E-state index is 6.19. The molecule has 0 aliphatic carbocycles. The maximum Gasteiger partial charge on any atom is 0.122 e. The quantitative estimate of drug-likeness (QED) is 0.742. The highest BCUT2D eigenvalue weighted by atomic mass is 79.9. The number of hydrogen-bond acceptors (Lipinski definition) is 3. The van der Waals surface area contributed by atoms with E-state index >= 15 is 0 Å². The van der Waals surface area contributed by atoms with Gasteiger partial charge in [-0.05, 0) is 29.8 Å². The largest absolute Gasteiger partial charge is 0.497 e. The van der Waals surface area contributed by atoms with Gasteiger partial charge < -0.3 is 14.8 Å². The van der Waals surface area contributed by atoms with Crippen LogP contribution in [0.25, 0.3) is 0 Å². The van der Waals surface area contributed by atoms with Crippen molar-refractivity contribution in [3.05, 3.63) is 50.4 Å². The monoisotopic (exact) mass is 389 g/mol. The van der Waals surface area contributed by atoms with Crippen LogP contribution in [0.1, 0.15) is 5.56 Å². The Morgan fingerprint density at radius 3 is 1.95 bits per heavy atom. The molecule has 0 atom stereocenters. The molecular formula is C15H14BrCl2NO2. The average molecular weight is 391 g/mol. The molecule has 6 heteroatoms. The van der Waals surface area contributed by atoms with Gasteiger partial charge in [-0.2, -0.15) is 0 Å². The van der Waals surface area contributed by atoms with Crippen LogP contribution in [0.3, 0.4) is 0 Å². The van der Waals surface area contributed by atoms with E-state index in [0.717, 1.165) is 21.5 Å². The number of halogens is 3. The summed E-state index contributed by atoms with van der Waals surface area (Å²) in [6.07, 6.45) is 0. The summed E-state index contributed by atoms with van der Waals surface area (Å²) < 4.78 is 11.3. The molecule has 0 bridgehead atoms. The Kier molecular flexibility index (Phi) is 5.62. The molecule has 21 heavy (non-hydrogen) atoms. The van der Waals surface area contributed by atoms with Gasteiger partial charge in [0.1, 0.15) is 11.5 Å². The first-order chi connectivity index (χ1) is 10.0. The van der Waals surface area contributed by atoms with E-state index in [0.29, 0.717) is 22.3 Å². The van der Waals surface area contributed by atoms with Crippen LogP contribution in [-0.2, 0) is 6.54 Å². The minimum absolute atomic E-state index is 0.550. The van der Waals surface area contributed by atoms with Crippen LogP contribution >= 0.6 is 39.1 Å². The number of methoxy groups -OCH3 is 2.